The van der Waals surface area contributed by atoms with Crippen molar-refractivity contribution in [3.63, 3.8) is 0 Å². The zero-order valence-corrected chi connectivity index (χ0v) is 11.0. The Kier molecular flexibility index (Phi) is 6.52. The number of hydrogen-bond acceptors (Lipinski definition) is 6. The molecule has 1 unspecified atom stereocenters. The summed E-state index contributed by atoms with van der Waals surface area (Å²) in [5.41, 5.74) is 0. The van der Waals surface area contributed by atoms with Gasteiger partial charge in [0.1, 0.15) is 6.61 Å². The molecular formula is C13H18O6. The maximum atomic E-state index is 11.1. The molecule has 0 aromatic heterocycles. The largest absolute Gasteiger partial charge is 0.508 e. The topological polar surface area (TPSA) is 74.2 Å². The number of para-hydroxylation sites is 2. The van der Waals surface area contributed by atoms with Crippen LogP contribution in [0, 0.1) is 0 Å². The van der Waals surface area contributed by atoms with Gasteiger partial charge >= 0.3 is 6.16 Å². The van der Waals surface area contributed by atoms with Gasteiger partial charge in [0.2, 0.25) is 0 Å². The predicted molar refractivity (Wildman–Crippen MR) is 67.5 cm³/mol. The van der Waals surface area contributed by atoms with E-state index in [0.717, 1.165) is 0 Å². The number of ether oxygens (including phenoxy) is 4. The summed E-state index contributed by atoms with van der Waals surface area (Å²) >= 11 is 0. The Morgan fingerprint density at radius 3 is 2.58 bits per heavy atom. The van der Waals surface area contributed by atoms with Gasteiger partial charge in [0.15, 0.2) is 17.6 Å². The number of rotatable bonds is 7. The van der Waals surface area contributed by atoms with Crippen LogP contribution in [-0.4, -0.2) is 44.3 Å². The van der Waals surface area contributed by atoms with Gasteiger partial charge in [0.25, 0.3) is 0 Å². The third-order valence-corrected chi connectivity index (χ3v) is 2.22. The minimum atomic E-state index is -0.829. The van der Waals surface area contributed by atoms with E-state index in [1.165, 1.54) is 7.11 Å². The summed E-state index contributed by atoms with van der Waals surface area (Å²) in [4.78, 5) is 11.1. The number of hydrogen-bond donors (Lipinski definition) is 1. The fourth-order valence-corrected chi connectivity index (χ4v) is 1.33. The van der Waals surface area contributed by atoms with E-state index in [1.54, 1.807) is 25.1 Å². The highest BCUT2D eigenvalue weighted by Crippen LogP contribution is 2.25. The number of methoxy groups -OCH3 is 1. The third kappa shape index (κ3) is 5.05. The summed E-state index contributed by atoms with van der Waals surface area (Å²) in [7, 11) is 1.53. The van der Waals surface area contributed by atoms with Crippen LogP contribution in [0.4, 0.5) is 4.79 Å². The van der Waals surface area contributed by atoms with Crippen LogP contribution < -0.4 is 9.47 Å². The van der Waals surface area contributed by atoms with E-state index in [-0.39, 0.29) is 19.8 Å². The first-order valence-electron chi connectivity index (χ1n) is 5.91. The Balaban J connectivity index is 2.50. The van der Waals surface area contributed by atoms with Crippen molar-refractivity contribution in [3.8, 4) is 11.5 Å². The van der Waals surface area contributed by atoms with Gasteiger partial charge in [-0.2, -0.15) is 0 Å². The number of aliphatic hydroxyl groups excluding tert-OH is 1. The Morgan fingerprint density at radius 2 is 2.00 bits per heavy atom. The van der Waals surface area contributed by atoms with Gasteiger partial charge in [-0.3, -0.25) is 0 Å². The number of carbonyl (C=O) groups excluding carboxylic acids is 1. The molecule has 0 heterocycles. The summed E-state index contributed by atoms with van der Waals surface area (Å²) in [5, 5.41) is 9.10. The first-order chi connectivity index (χ1) is 9.21. The van der Waals surface area contributed by atoms with Crippen molar-refractivity contribution in [2.24, 2.45) is 0 Å². The zero-order valence-electron chi connectivity index (χ0n) is 11.0. The monoisotopic (exact) mass is 270 g/mol. The van der Waals surface area contributed by atoms with Crippen molar-refractivity contribution in [2.45, 2.75) is 13.0 Å². The number of benzene rings is 1. The second kappa shape index (κ2) is 8.20. The molecule has 0 aliphatic heterocycles. The minimum Gasteiger partial charge on any atom is -0.493 e. The molecule has 1 atom stereocenters. The molecule has 6 nitrogen and oxygen atoms in total. The molecule has 0 radical (unpaired) electrons. The normalized spacial score (nSPS) is 11.5. The Bertz CT molecular complexity index is 392. The molecule has 6 heteroatoms. The highest BCUT2D eigenvalue weighted by Gasteiger charge is 2.16. The lowest BCUT2D eigenvalue weighted by Gasteiger charge is -2.16. The highest BCUT2D eigenvalue weighted by atomic mass is 16.7. The van der Waals surface area contributed by atoms with Gasteiger partial charge in [0.05, 0.1) is 20.3 Å². The van der Waals surface area contributed by atoms with Crippen molar-refractivity contribution in [3.05, 3.63) is 24.3 Å². The van der Waals surface area contributed by atoms with Crippen LogP contribution in [0.3, 0.4) is 0 Å². The lowest BCUT2D eigenvalue weighted by molar-refractivity contribution is -0.0128. The summed E-state index contributed by atoms with van der Waals surface area (Å²) < 4.78 is 20.0. The molecule has 0 amide bonds. The molecule has 1 aromatic carbocycles. The van der Waals surface area contributed by atoms with E-state index in [4.69, 9.17) is 19.3 Å². The van der Waals surface area contributed by atoms with Gasteiger partial charge in [-0.25, -0.2) is 4.79 Å². The molecule has 1 aromatic rings. The molecule has 0 aliphatic rings. The summed E-state index contributed by atoms with van der Waals surface area (Å²) in [5.74, 6) is 1.08. The maximum absolute atomic E-state index is 11.1. The molecule has 0 saturated heterocycles. The molecule has 1 rings (SSSR count). The zero-order chi connectivity index (χ0) is 14.1. The minimum absolute atomic E-state index is 0.00961. The first kappa shape index (κ1) is 15.1. The van der Waals surface area contributed by atoms with Crippen LogP contribution in [0.1, 0.15) is 6.92 Å². The van der Waals surface area contributed by atoms with Crippen LogP contribution in [-0.2, 0) is 9.47 Å². The second-order valence-electron chi connectivity index (χ2n) is 3.57. The second-order valence-corrected chi connectivity index (χ2v) is 3.57. The van der Waals surface area contributed by atoms with Gasteiger partial charge < -0.3 is 24.1 Å². The molecular weight excluding hydrogens is 252 g/mol. The SMILES string of the molecule is CCOC(=O)OC(CO)COc1ccccc1OC. The van der Waals surface area contributed by atoms with E-state index in [1.807, 2.05) is 6.07 Å². The van der Waals surface area contributed by atoms with Gasteiger partial charge in [-0.15, -0.1) is 0 Å². The lowest BCUT2D eigenvalue weighted by atomic mass is 10.3. The van der Waals surface area contributed by atoms with Crippen molar-refractivity contribution in [1.82, 2.24) is 0 Å². The van der Waals surface area contributed by atoms with Crippen LogP contribution in [0.15, 0.2) is 24.3 Å². The predicted octanol–water partition coefficient (Wildman–Crippen LogP) is 1.61. The average Bonchev–Trinajstić information content (AvgIpc) is 2.44. The smallest absolute Gasteiger partial charge is 0.493 e. The van der Waals surface area contributed by atoms with Gasteiger partial charge in [-0.05, 0) is 19.1 Å². The summed E-state index contributed by atoms with van der Waals surface area (Å²) in [6.07, 6.45) is -1.62. The lowest BCUT2D eigenvalue weighted by Crippen LogP contribution is -2.29. The quantitative estimate of drug-likeness (QED) is 0.759. The molecule has 0 bridgehead atoms. The van der Waals surface area contributed by atoms with E-state index in [0.29, 0.717) is 11.5 Å². The van der Waals surface area contributed by atoms with E-state index < -0.39 is 12.3 Å². The van der Waals surface area contributed by atoms with E-state index >= 15 is 0 Å². The molecule has 0 saturated carbocycles. The van der Waals surface area contributed by atoms with Crippen molar-refractivity contribution in [2.75, 3.05) is 26.9 Å². The fourth-order valence-electron chi connectivity index (χ4n) is 1.33. The first-order valence-corrected chi connectivity index (χ1v) is 5.91. The standard InChI is InChI=1S/C13H18O6/c1-3-17-13(15)19-10(8-14)9-18-12-7-5-4-6-11(12)16-2/h4-7,10,14H,3,8-9H2,1-2H3. The molecule has 0 aliphatic carbocycles. The summed E-state index contributed by atoms with van der Waals surface area (Å²) in [6.45, 7) is 1.54. The van der Waals surface area contributed by atoms with E-state index in [2.05, 4.69) is 4.74 Å². The number of carbonyl (C=O) groups is 1. The van der Waals surface area contributed by atoms with Crippen LogP contribution in [0.2, 0.25) is 0 Å². The molecule has 106 valence electrons. The number of aliphatic hydroxyl groups is 1. The van der Waals surface area contributed by atoms with E-state index in [9.17, 15) is 4.79 Å². The van der Waals surface area contributed by atoms with Crippen LogP contribution >= 0.6 is 0 Å². The highest BCUT2D eigenvalue weighted by molar-refractivity contribution is 5.60. The van der Waals surface area contributed by atoms with Crippen molar-refractivity contribution >= 4 is 6.16 Å². The maximum Gasteiger partial charge on any atom is 0.508 e. The average molecular weight is 270 g/mol. The molecule has 0 fully saturated rings. The fraction of sp³-hybridized carbons (Fsp3) is 0.462. The molecule has 1 N–H and O–H groups in total. The molecule has 19 heavy (non-hydrogen) atoms. The Labute approximate surface area is 111 Å². The van der Waals surface area contributed by atoms with Crippen molar-refractivity contribution < 1.29 is 28.8 Å². The third-order valence-electron chi connectivity index (χ3n) is 2.22. The van der Waals surface area contributed by atoms with Crippen LogP contribution in [0.5, 0.6) is 11.5 Å². The van der Waals surface area contributed by atoms with Crippen LogP contribution in [0.25, 0.3) is 0 Å². The van der Waals surface area contributed by atoms with Gasteiger partial charge in [-0.1, -0.05) is 12.1 Å². The van der Waals surface area contributed by atoms with Gasteiger partial charge in [0, 0.05) is 0 Å². The Hall–Kier alpha value is -1.95. The van der Waals surface area contributed by atoms with Crippen molar-refractivity contribution in [1.29, 1.82) is 0 Å². The molecule has 0 spiro atoms. The summed E-state index contributed by atoms with van der Waals surface area (Å²) in [6, 6.07) is 7.06. The Morgan fingerprint density at radius 1 is 1.32 bits per heavy atom.